The molecule has 2 N–H and O–H groups in total. The molecule has 1 fully saturated rings. The van der Waals surface area contributed by atoms with Gasteiger partial charge in [-0.3, -0.25) is 0 Å². The Labute approximate surface area is 139 Å². The molecule has 0 atom stereocenters. The quantitative estimate of drug-likeness (QED) is 0.797. The minimum absolute atomic E-state index is 0.0111. The lowest BCUT2D eigenvalue weighted by Gasteiger charge is -2.13. The summed E-state index contributed by atoms with van der Waals surface area (Å²) in [5, 5.41) is 5.83. The fraction of sp³-hybridized carbons (Fsp3) is 0.333. The van der Waals surface area contributed by atoms with Gasteiger partial charge in [0, 0.05) is 23.1 Å². The second kappa shape index (κ2) is 6.35. The van der Waals surface area contributed by atoms with Crippen molar-refractivity contribution < 1.29 is 13.2 Å². The molecule has 0 saturated heterocycles. The summed E-state index contributed by atoms with van der Waals surface area (Å²) in [7, 11) is 0. The highest BCUT2D eigenvalue weighted by atomic mass is 79.9. The summed E-state index contributed by atoms with van der Waals surface area (Å²) in [5.74, 6) is 0.156. The molecule has 4 nitrogen and oxygen atoms in total. The van der Waals surface area contributed by atoms with E-state index in [0.717, 1.165) is 28.9 Å². The van der Waals surface area contributed by atoms with E-state index in [9.17, 15) is 13.2 Å². The third-order valence-corrected chi connectivity index (χ3v) is 4.12. The summed E-state index contributed by atoms with van der Waals surface area (Å²) < 4.78 is 39.8. The van der Waals surface area contributed by atoms with Crippen LogP contribution in [0, 0.1) is 0 Å². The second-order valence-corrected chi connectivity index (χ2v) is 6.18. The number of rotatable bonds is 5. The fourth-order valence-corrected chi connectivity index (χ4v) is 2.41. The zero-order valence-corrected chi connectivity index (χ0v) is 13.6. The number of benzene rings is 1. The Kier molecular flexibility index (Phi) is 4.43. The summed E-state index contributed by atoms with van der Waals surface area (Å²) in [6, 6.07) is 8.59. The summed E-state index contributed by atoms with van der Waals surface area (Å²) in [6.45, 7) is 0.360. The Balaban J connectivity index is 1.80. The molecule has 0 aliphatic heterocycles. The summed E-state index contributed by atoms with van der Waals surface area (Å²) >= 11 is 3.41. The minimum Gasteiger partial charge on any atom is -0.366 e. The molecule has 1 aromatic heterocycles. The van der Waals surface area contributed by atoms with Gasteiger partial charge in [0.25, 0.3) is 0 Å². The third-order valence-electron chi connectivity index (χ3n) is 3.34. The van der Waals surface area contributed by atoms with Crippen molar-refractivity contribution in [1.82, 2.24) is 9.97 Å². The molecule has 0 amide bonds. The van der Waals surface area contributed by atoms with Crippen LogP contribution in [0.1, 0.15) is 24.1 Å². The van der Waals surface area contributed by atoms with E-state index < -0.39 is 11.9 Å². The molecule has 8 heteroatoms. The van der Waals surface area contributed by atoms with Gasteiger partial charge in [0.05, 0.1) is 0 Å². The minimum atomic E-state index is -4.51. The number of aromatic nitrogens is 2. The van der Waals surface area contributed by atoms with E-state index in [1.165, 1.54) is 0 Å². The number of nitrogens with one attached hydrogen (secondary N) is 2. The first-order valence-corrected chi connectivity index (χ1v) is 7.91. The Morgan fingerprint density at radius 3 is 2.57 bits per heavy atom. The van der Waals surface area contributed by atoms with Gasteiger partial charge in [-0.25, -0.2) is 4.98 Å². The molecule has 0 unspecified atom stereocenters. The standard InChI is InChI=1S/C15H14BrF3N4/c16-11-4-2-1-3-9(11)8-20-13-7-12(15(17,18)19)22-14(23-13)21-10-5-6-10/h1-4,7,10H,5-6,8H2,(H2,20,21,22,23). The van der Waals surface area contributed by atoms with E-state index in [4.69, 9.17) is 0 Å². The number of hydrogen-bond acceptors (Lipinski definition) is 4. The van der Waals surface area contributed by atoms with Crippen LogP contribution in [0.3, 0.4) is 0 Å². The lowest BCUT2D eigenvalue weighted by molar-refractivity contribution is -0.141. The fourth-order valence-electron chi connectivity index (χ4n) is 1.99. The predicted molar refractivity (Wildman–Crippen MR) is 85.1 cm³/mol. The number of nitrogens with zero attached hydrogens (tertiary/aromatic N) is 2. The largest absolute Gasteiger partial charge is 0.433 e. The van der Waals surface area contributed by atoms with Gasteiger partial charge in [-0.15, -0.1) is 0 Å². The monoisotopic (exact) mass is 386 g/mol. The van der Waals surface area contributed by atoms with Crippen LogP contribution in [-0.2, 0) is 12.7 Å². The van der Waals surface area contributed by atoms with Gasteiger partial charge < -0.3 is 10.6 Å². The van der Waals surface area contributed by atoms with E-state index in [2.05, 4.69) is 36.5 Å². The molecule has 1 aliphatic rings. The SMILES string of the molecule is FC(F)(F)c1cc(NCc2ccccc2Br)nc(NC2CC2)n1. The lowest BCUT2D eigenvalue weighted by Crippen LogP contribution is -2.15. The van der Waals surface area contributed by atoms with Crippen LogP contribution in [-0.4, -0.2) is 16.0 Å². The van der Waals surface area contributed by atoms with Crippen LogP contribution in [0.2, 0.25) is 0 Å². The molecule has 1 aromatic carbocycles. The van der Waals surface area contributed by atoms with E-state index in [0.29, 0.717) is 6.54 Å². The van der Waals surface area contributed by atoms with Crippen LogP contribution in [0.5, 0.6) is 0 Å². The van der Waals surface area contributed by atoms with Crippen LogP contribution < -0.4 is 10.6 Å². The average Bonchev–Trinajstić information content (AvgIpc) is 3.29. The molecular weight excluding hydrogens is 373 g/mol. The van der Waals surface area contributed by atoms with Gasteiger partial charge in [0.15, 0.2) is 5.69 Å². The van der Waals surface area contributed by atoms with Gasteiger partial charge in [-0.2, -0.15) is 18.2 Å². The first-order chi connectivity index (χ1) is 10.9. The van der Waals surface area contributed by atoms with Crippen molar-refractivity contribution in [2.24, 2.45) is 0 Å². The molecule has 3 rings (SSSR count). The lowest BCUT2D eigenvalue weighted by atomic mass is 10.2. The van der Waals surface area contributed by atoms with Crippen molar-refractivity contribution in [3.8, 4) is 0 Å². The predicted octanol–water partition coefficient (Wildman–Crippen LogP) is 4.44. The first kappa shape index (κ1) is 16.0. The molecule has 2 aromatic rings. The van der Waals surface area contributed by atoms with Gasteiger partial charge >= 0.3 is 6.18 Å². The van der Waals surface area contributed by atoms with Crippen molar-refractivity contribution in [1.29, 1.82) is 0 Å². The average molecular weight is 387 g/mol. The molecule has 0 radical (unpaired) electrons. The zero-order chi connectivity index (χ0) is 16.4. The van der Waals surface area contributed by atoms with Crippen molar-refractivity contribution >= 4 is 27.7 Å². The van der Waals surface area contributed by atoms with Gasteiger partial charge in [-0.05, 0) is 24.5 Å². The molecule has 1 aliphatic carbocycles. The smallest absolute Gasteiger partial charge is 0.366 e. The van der Waals surface area contributed by atoms with Gasteiger partial charge in [0.1, 0.15) is 5.82 Å². The highest BCUT2D eigenvalue weighted by Crippen LogP contribution is 2.31. The molecule has 1 heterocycles. The molecular formula is C15H14BrF3N4. The van der Waals surface area contributed by atoms with Crippen molar-refractivity contribution in [2.75, 3.05) is 10.6 Å². The number of halogens is 4. The Bertz CT molecular complexity index is 701. The van der Waals surface area contributed by atoms with Gasteiger partial charge in [0.2, 0.25) is 5.95 Å². The molecule has 1 saturated carbocycles. The highest BCUT2D eigenvalue weighted by molar-refractivity contribution is 9.10. The molecule has 0 bridgehead atoms. The number of anilines is 2. The summed E-state index contributed by atoms with van der Waals surface area (Å²) in [6.07, 6.45) is -2.65. The first-order valence-electron chi connectivity index (χ1n) is 7.12. The Morgan fingerprint density at radius 2 is 1.91 bits per heavy atom. The second-order valence-electron chi connectivity index (χ2n) is 5.32. The van der Waals surface area contributed by atoms with E-state index in [1.807, 2.05) is 24.3 Å². The molecule has 0 spiro atoms. The van der Waals surface area contributed by atoms with Crippen molar-refractivity contribution in [2.45, 2.75) is 31.6 Å². The van der Waals surface area contributed by atoms with E-state index in [-0.39, 0.29) is 17.8 Å². The highest BCUT2D eigenvalue weighted by Gasteiger charge is 2.34. The molecule has 23 heavy (non-hydrogen) atoms. The maximum Gasteiger partial charge on any atom is 0.433 e. The maximum absolute atomic E-state index is 13.0. The van der Waals surface area contributed by atoms with E-state index in [1.54, 1.807) is 0 Å². The number of alkyl halides is 3. The van der Waals surface area contributed by atoms with Gasteiger partial charge in [-0.1, -0.05) is 34.1 Å². The Morgan fingerprint density at radius 1 is 1.17 bits per heavy atom. The summed E-state index contributed by atoms with van der Waals surface area (Å²) in [5.41, 5.74) is -0.0262. The molecule has 122 valence electrons. The van der Waals surface area contributed by atoms with E-state index >= 15 is 0 Å². The van der Waals surface area contributed by atoms with Crippen molar-refractivity contribution in [3.63, 3.8) is 0 Å². The summed E-state index contributed by atoms with van der Waals surface area (Å²) in [4.78, 5) is 7.68. The van der Waals surface area contributed by atoms with Crippen LogP contribution >= 0.6 is 15.9 Å². The maximum atomic E-state index is 13.0. The normalized spacial score (nSPS) is 14.6. The number of hydrogen-bond donors (Lipinski definition) is 2. The Hall–Kier alpha value is -1.83. The van der Waals surface area contributed by atoms with Crippen LogP contribution in [0.25, 0.3) is 0 Å². The zero-order valence-electron chi connectivity index (χ0n) is 12.0. The van der Waals surface area contributed by atoms with Crippen LogP contribution in [0.15, 0.2) is 34.8 Å². The topological polar surface area (TPSA) is 49.8 Å². The third kappa shape index (κ3) is 4.34. The van der Waals surface area contributed by atoms with Crippen LogP contribution in [0.4, 0.5) is 24.9 Å². The van der Waals surface area contributed by atoms with Crippen molar-refractivity contribution in [3.05, 3.63) is 46.1 Å².